The van der Waals surface area contributed by atoms with Crippen molar-refractivity contribution in [1.29, 1.82) is 0 Å². The van der Waals surface area contributed by atoms with Crippen molar-refractivity contribution < 1.29 is 32.5 Å². The zero-order chi connectivity index (χ0) is 22.2. The monoisotopic (exact) mass is 449 g/mol. The topological polar surface area (TPSA) is 66.9 Å². The van der Waals surface area contributed by atoms with E-state index in [1.807, 2.05) is 0 Å². The van der Waals surface area contributed by atoms with Gasteiger partial charge >= 0.3 is 12.1 Å². The number of halogens is 2. The maximum atomic E-state index is 14.2. The molecule has 0 spiro atoms. The number of benzene rings is 2. The lowest BCUT2D eigenvalue weighted by molar-refractivity contribution is -0.216. The van der Waals surface area contributed by atoms with Gasteiger partial charge in [0, 0.05) is 5.56 Å². The van der Waals surface area contributed by atoms with Gasteiger partial charge in [0.15, 0.2) is 11.5 Å². The van der Waals surface area contributed by atoms with Gasteiger partial charge in [-0.25, -0.2) is 9.78 Å². The van der Waals surface area contributed by atoms with Crippen molar-refractivity contribution in [1.82, 2.24) is 4.98 Å². The highest BCUT2D eigenvalue weighted by Gasteiger charge is 2.45. The van der Waals surface area contributed by atoms with E-state index in [0.29, 0.717) is 10.6 Å². The third-order valence-corrected chi connectivity index (χ3v) is 6.12. The molecular weight excluding hydrogens is 428 g/mol. The molecule has 0 unspecified atom stereocenters. The molecule has 0 saturated carbocycles. The summed E-state index contributed by atoms with van der Waals surface area (Å²) in [7, 11) is 2.63. The largest absolute Gasteiger partial charge is 0.502 e. The van der Waals surface area contributed by atoms with E-state index in [0.717, 1.165) is 29.5 Å². The molecule has 0 saturated heterocycles. The number of nitrogens with zero attached hydrogens (tertiary/aromatic N) is 1. The van der Waals surface area contributed by atoms with Crippen LogP contribution in [0.3, 0.4) is 0 Å². The normalized spacial score (nSPS) is 13.2. The summed E-state index contributed by atoms with van der Waals surface area (Å²) >= 11 is 1.50. The summed E-state index contributed by atoms with van der Waals surface area (Å²) in [6.45, 7) is 1.22. The van der Waals surface area contributed by atoms with E-state index in [1.165, 1.54) is 55.7 Å². The number of hydrogen-bond acceptors (Lipinski definition) is 7. The third kappa shape index (κ3) is 4.01. The van der Waals surface area contributed by atoms with Gasteiger partial charge in [-0.05, 0) is 61.6 Å². The highest BCUT2D eigenvalue weighted by Crippen LogP contribution is 2.45. The molecule has 0 bridgehead atoms. The van der Waals surface area contributed by atoms with Crippen LogP contribution in [0.25, 0.3) is 20.8 Å². The molecule has 0 N–H and O–H groups in total. The molecule has 2 aromatic carbocycles. The van der Waals surface area contributed by atoms with E-state index in [4.69, 9.17) is 14.5 Å². The summed E-state index contributed by atoms with van der Waals surface area (Å²) in [6, 6.07) is 7.35. The van der Waals surface area contributed by atoms with Gasteiger partial charge in [0.25, 0.3) is 0 Å². The van der Waals surface area contributed by atoms with Gasteiger partial charge in [-0.2, -0.15) is 8.78 Å². The van der Waals surface area contributed by atoms with E-state index in [1.54, 1.807) is 0 Å². The number of rotatable bonds is 7. The lowest BCUT2D eigenvalue weighted by atomic mass is 10.1. The number of alkyl halides is 2. The smallest absolute Gasteiger partial charge is 0.493 e. The minimum atomic E-state index is -4.20. The van der Waals surface area contributed by atoms with Crippen LogP contribution in [0.15, 0.2) is 24.3 Å². The second kappa shape index (κ2) is 8.30. The molecule has 0 atom stereocenters. The Balaban J connectivity index is 1.74. The van der Waals surface area contributed by atoms with Crippen LogP contribution in [0.1, 0.15) is 24.5 Å². The van der Waals surface area contributed by atoms with Crippen molar-refractivity contribution in [2.24, 2.45) is 0 Å². The second-order valence-electron chi connectivity index (χ2n) is 7.01. The van der Waals surface area contributed by atoms with Gasteiger partial charge in [-0.3, -0.25) is 0 Å². The summed E-state index contributed by atoms with van der Waals surface area (Å²) < 4.78 is 49.0. The van der Waals surface area contributed by atoms with Gasteiger partial charge in [-0.1, -0.05) is 0 Å². The molecular formula is C22H21F2NO5S. The molecule has 31 heavy (non-hydrogen) atoms. The zero-order valence-corrected chi connectivity index (χ0v) is 18.1. The minimum Gasteiger partial charge on any atom is -0.493 e. The minimum absolute atomic E-state index is 0.0138. The molecule has 164 valence electrons. The first kappa shape index (κ1) is 21.3. The Morgan fingerprint density at radius 3 is 2.35 bits per heavy atom. The molecule has 0 amide bonds. The van der Waals surface area contributed by atoms with Crippen LogP contribution >= 0.6 is 11.3 Å². The molecule has 1 aliphatic carbocycles. The number of esters is 1. The summed E-state index contributed by atoms with van der Waals surface area (Å²) in [5.41, 5.74) is 4.20. The number of carbonyl (C=O) groups is 1. The number of methoxy groups -OCH3 is 2. The average Bonchev–Trinajstić information content (AvgIpc) is 3.37. The van der Waals surface area contributed by atoms with E-state index in [-0.39, 0.29) is 18.1 Å². The maximum Gasteiger partial charge on any atom is 0.502 e. The Morgan fingerprint density at radius 1 is 1.10 bits per heavy atom. The number of hydrogen-bond donors (Lipinski definition) is 0. The summed E-state index contributed by atoms with van der Waals surface area (Å²) in [6.07, 6.45) is -0.915. The number of fused-ring (bicyclic) bond motifs is 2. The number of aromatic nitrogens is 1. The summed E-state index contributed by atoms with van der Waals surface area (Å²) in [5, 5.41) is 0.693. The Labute approximate surface area is 181 Å². The van der Waals surface area contributed by atoms with Crippen molar-refractivity contribution in [2.45, 2.75) is 32.3 Å². The molecule has 9 heteroatoms. The van der Waals surface area contributed by atoms with Crippen LogP contribution < -0.4 is 14.2 Å². The fraction of sp³-hybridized carbons (Fsp3) is 0.364. The number of carbonyl (C=O) groups excluding carboxylic acids is 1. The maximum absolute atomic E-state index is 14.2. The van der Waals surface area contributed by atoms with Crippen LogP contribution in [0.2, 0.25) is 0 Å². The highest BCUT2D eigenvalue weighted by molar-refractivity contribution is 7.21. The van der Waals surface area contributed by atoms with Gasteiger partial charge in [0.1, 0.15) is 5.01 Å². The van der Waals surface area contributed by atoms with Gasteiger partial charge in [-0.15, -0.1) is 11.3 Å². The molecule has 0 aliphatic heterocycles. The molecule has 1 aromatic heterocycles. The molecule has 3 aromatic rings. The van der Waals surface area contributed by atoms with Crippen molar-refractivity contribution in [3.05, 3.63) is 35.4 Å². The van der Waals surface area contributed by atoms with E-state index >= 15 is 0 Å². The van der Waals surface area contributed by atoms with E-state index in [9.17, 15) is 13.6 Å². The fourth-order valence-electron chi connectivity index (χ4n) is 3.61. The van der Waals surface area contributed by atoms with Crippen molar-refractivity contribution in [3.8, 4) is 27.8 Å². The van der Waals surface area contributed by atoms with Crippen LogP contribution in [-0.2, 0) is 22.4 Å². The van der Waals surface area contributed by atoms with Crippen LogP contribution in [0, 0.1) is 0 Å². The zero-order valence-electron chi connectivity index (χ0n) is 17.3. The van der Waals surface area contributed by atoms with Crippen molar-refractivity contribution in [3.63, 3.8) is 0 Å². The first-order valence-electron chi connectivity index (χ1n) is 9.79. The van der Waals surface area contributed by atoms with Crippen molar-refractivity contribution in [2.75, 3.05) is 20.8 Å². The lowest BCUT2D eigenvalue weighted by Crippen LogP contribution is -2.37. The van der Waals surface area contributed by atoms with Gasteiger partial charge in [0.2, 0.25) is 5.75 Å². The van der Waals surface area contributed by atoms with Crippen LogP contribution in [0.4, 0.5) is 8.78 Å². The highest BCUT2D eigenvalue weighted by atomic mass is 32.1. The molecule has 4 rings (SSSR count). The summed E-state index contributed by atoms with van der Waals surface area (Å²) in [5.74, 6) is -2.21. The molecule has 6 nitrogen and oxygen atoms in total. The molecule has 1 heterocycles. The fourth-order valence-corrected chi connectivity index (χ4v) is 4.60. The average molecular weight is 449 g/mol. The number of aryl methyl sites for hydroxylation is 2. The van der Waals surface area contributed by atoms with E-state index in [2.05, 4.69) is 21.6 Å². The molecule has 0 fully saturated rings. The quantitative estimate of drug-likeness (QED) is 0.473. The number of thiazole rings is 1. The second-order valence-corrected chi connectivity index (χ2v) is 8.04. The first-order chi connectivity index (χ1) is 14.9. The predicted molar refractivity (Wildman–Crippen MR) is 112 cm³/mol. The predicted octanol–water partition coefficient (Wildman–Crippen LogP) is 5.00. The molecule has 1 aliphatic rings. The van der Waals surface area contributed by atoms with Crippen LogP contribution in [0.5, 0.6) is 17.2 Å². The van der Waals surface area contributed by atoms with E-state index < -0.39 is 17.8 Å². The molecule has 0 radical (unpaired) electrons. The van der Waals surface area contributed by atoms with Crippen LogP contribution in [-0.4, -0.2) is 37.9 Å². The third-order valence-electron chi connectivity index (χ3n) is 5.05. The standard InChI is InChI=1S/C22H21F2NO5S/c1-4-29-21(26)22(23,24)30-19-16(27-2)9-14(10-17(19)28-3)20-25-15-8-12-6-5-7-13(12)11-18(15)31-20/h8-11H,4-7H2,1-3H3. The lowest BCUT2D eigenvalue weighted by Gasteiger charge is -2.20. The van der Waals surface area contributed by atoms with Gasteiger partial charge in [0.05, 0.1) is 31.0 Å². The Kier molecular flexibility index (Phi) is 5.70. The number of ether oxygens (including phenoxy) is 4. The SMILES string of the molecule is CCOC(=O)C(F)(F)Oc1c(OC)cc(-c2nc3cc4c(cc3s2)CCC4)cc1OC. The first-order valence-corrected chi connectivity index (χ1v) is 10.6. The Hall–Kier alpha value is -2.94. The van der Waals surface area contributed by atoms with Gasteiger partial charge < -0.3 is 18.9 Å². The Morgan fingerprint density at radius 2 is 1.74 bits per heavy atom. The van der Waals surface area contributed by atoms with Crippen molar-refractivity contribution >= 4 is 27.5 Å². The Bertz CT molecular complexity index is 1080. The summed E-state index contributed by atoms with van der Waals surface area (Å²) in [4.78, 5) is 16.3.